The van der Waals surface area contributed by atoms with Crippen molar-refractivity contribution in [2.45, 2.75) is 46.1 Å². The van der Waals surface area contributed by atoms with Gasteiger partial charge in [-0.1, -0.05) is 37.1 Å². The SMILES string of the molecule is CC1=CCC(C(C)C)=CC2C(O)CCC12.[CH3-].[CH3-].[CH3-].[Pt]. The van der Waals surface area contributed by atoms with E-state index in [0.29, 0.717) is 17.8 Å². The molecule has 1 nitrogen and oxygen atoms in total. The zero-order chi connectivity index (χ0) is 11.0. The van der Waals surface area contributed by atoms with Gasteiger partial charge in [0.2, 0.25) is 0 Å². The normalized spacial score (nSPS) is 28.4. The minimum Gasteiger partial charge on any atom is -0.392 e. The van der Waals surface area contributed by atoms with E-state index in [0.717, 1.165) is 19.3 Å². The number of hydrogen-bond acceptors (Lipinski definition) is 1. The molecule has 0 aromatic rings. The second kappa shape index (κ2) is 9.94. The number of aliphatic hydroxyl groups excluding tert-OH is 1. The fourth-order valence-electron chi connectivity index (χ4n) is 2.94. The van der Waals surface area contributed by atoms with Crippen LogP contribution in [0.5, 0.6) is 0 Å². The van der Waals surface area contributed by atoms with Crippen LogP contribution < -0.4 is 0 Å². The Morgan fingerprint density at radius 3 is 2.26 bits per heavy atom. The molecule has 2 aliphatic carbocycles. The predicted octanol–water partition coefficient (Wildman–Crippen LogP) is 4.65. The molecular formula is C17H31OPt-3. The van der Waals surface area contributed by atoms with Crippen LogP contribution in [0.2, 0.25) is 0 Å². The van der Waals surface area contributed by atoms with Gasteiger partial charge in [-0.3, -0.25) is 0 Å². The summed E-state index contributed by atoms with van der Waals surface area (Å²) in [5, 5.41) is 9.99. The third-order valence-corrected chi connectivity index (χ3v) is 4.08. The molecule has 1 N–H and O–H groups in total. The molecule has 0 bridgehead atoms. The van der Waals surface area contributed by atoms with E-state index >= 15 is 0 Å². The van der Waals surface area contributed by atoms with Crippen LogP contribution >= 0.6 is 0 Å². The van der Waals surface area contributed by atoms with Crippen molar-refractivity contribution in [2.24, 2.45) is 17.8 Å². The smallest absolute Gasteiger partial charge is 0.0608 e. The molecule has 1 fully saturated rings. The van der Waals surface area contributed by atoms with Crippen LogP contribution in [0.15, 0.2) is 23.3 Å². The van der Waals surface area contributed by atoms with Gasteiger partial charge in [-0.15, -0.1) is 0 Å². The van der Waals surface area contributed by atoms with Crippen molar-refractivity contribution in [3.05, 3.63) is 45.6 Å². The first-order chi connectivity index (χ1) is 7.09. The van der Waals surface area contributed by atoms with Crippen LogP contribution in [0.4, 0.5) is 0 Å². The monoisotopic (exact) mass is 446 g/mol. The van der Waals surface area contributed by atoms with Crippen molar-refractivity contribution >= 4 is 0 Å². The van der Waals surface area contributed by atoms with Crippen molar-refractivity contribution in [1.29, 1.82) is 0 Å². The topological polar surface area (TPSA) is 20.2 Å². The Bertz CT molecular complexity index is 304. The fraction of sp³-hybridized carbons (Fsp3) is 0.588. The van der Waals surface area contributed by atoms with Gasteiger partial charge in [-0.05, 0) is 38.0 Å². The van der Waals surface area contributed by atoms with Gasteiger partial charge in [0.05, 0.1) is 6.10 Å². The molecule has 0 heterocycles. The van der Waals surface area contributed by atoms with E-state index in [1.807, 2.05) is 0 Å². The first-order valence-electron chi connectivity index (χ1n) is 6.15. The minimum absolute atomic E-state index is 0. The molecule has 0 radical (unpaired) electrons. The summed E-state index contributed by atoms with van der Waals surface area (Å²) in [5.74, 6) is 1.61. The molecule has 0 aliphatic heterocycles. The van der Waals surface area contributed by atoms with Crippen LogP contribution in [-0.2, 0) is 21.1 Å². The van der Waals surface area contributed by atoms with Crippen LogP contribution in [0.1, 0.15) is 40.0 Å². The maximum Gasteiger partial charge on any atom is 0.0608 e. The van der Waals surface area contributed by atoms with Gasteiger partial charge in [0.25, 0.3) is 0 Å². The summed E-state index contributed by atoms with van der Waals surface area (Å²) < 4.78 is 0. The molecule has 0 amide bonds. The first kappa shape index (κ1) is 24.2. The molecule has 19 heavy (non-hydrogen) atoms. The summed E-state index contributed by atoms with van der Waals surface area (Å²) in [6.07, 6.45) is 7.85. The number of hydrogen-bond donors (Lipinski definition) is 1. The van der Waals surface area contributed by atoms with E-state index in [2.05, 4.69) is 32.9 Å². The molecular weight excluding hydrogens is 415 g/mol. The maximum absolute atomic E-state index is 9.99. The van der Waals surface area contributed by atoms with Crippen molar-refractivity contribution in [2.75, 3.05) is 0 Å². The fourth-order valence-corrected chi connectivity index (χ4v) is 2.94. The maximum atomic E-state index is 9.99. The van der Waals surface area contributed by atoms with Crippen molar-refractivity contribution in [1.82, 2.24) is 0 Å². The Hall–Kier alpha value is 0.128. The summed E-state index contributed by atoms with van der Waals surface area (Å²) >= 11 is 0. The third kappa shape index (κ3) is 5.20. The molecule has 2 heteroatoms. The number of aliphatic hydroxyl groups is 1. The second-order valence-electron chi connectivity index (χ2n) is 5.38. The molecule has 0 spiro atoms. The van der Waals surface area contributed by atoms with E-state index in [4.69, 9.17) is 0 Å². The molecule has 2 rings (SSSR count). The van der Waals surface area contributed by atoms with Gasteiger partial charge in [-0.25, -0.2) is 0 Å². The molecule has 1 saturated carbocycles. The summed E-state index contributed by atoms with van der Waals surface area (Å²) in [6.45, 7) is 6.72. The molecule has 0 saturated heterocycles. The van der Waals surface area contributed by atoms with Crippen LogP contribution in [-0.4, -0.2) is 11.2 Å². The zero-order valence-electron chi connectivity index (χ0n) is 13.3. The van der Waals surface area contributed by atoms with E-state index < -0.39 is 0 Å². The Morgan fingerprint density at radius 1 is 1.16 bits per heavy atom. The zero-order valence-corrected chi connectivity index (χ0v) is 15.6. The second-order valence-corrected chi connectivity index (χ2v) is 5.38. The average molecular weight is 447 g/mol. The molecule has 118 valence electrons. The summed E-state index contributed by atoms with van der Waals surface area (Å²) in [7, 11) is 0. The van der Waals surface area contributed by atoms with E-state index in [1.54, 1.807) is 0 Å². The average Bonchev–Trinajstić information content (AvgIpc) is 2.43. The van der Waals surface area contributed by atoms with E-state index in [9.17, 15) is 5.11 Å². The van der Waals surface area contributed by atoms with Crippen LogP contribution in [0.3, 0.4) is 0 Å². The minimum atomic E-state index is -0.106. The van der Waals surface area contributed by atoms with Gasteiger partial charge in [-0.2, -0.15) is 0 Å². The Kier molecular flexibility index (Phi) is 12.6. The first-order valence-corrected chi connectivity index (χ1v) is 6.15. The van der Waals surface area contributed by atoms with Crippen LogP contribution in [0.25, 0.3) is 0 Å². The summed E-state index contributed by atoms with van der Waals surface area (Å²) in [5.41, 5.74) is 2.99. The van der Waals surface area contributed by atoms with Gasteiger partial charge in [0, 0.05) is 27.0 Å². The van der Waals surface area contributed by atoms with Gasteiger partial charge >= 0.3 is 0 Å². The quantitative estimate of drug-likeness (QED) is 0.459. The largest absolute Gasteiger partial charge is 0.392 e. The number of allylic oxidation sites excluding steroid dienone is 3. The molecule has 3 unspecified atom stereocenters. The van der Waals surface area contributed by atoms with Crippen molar-refractivity contribution in [3.63, 3.8) is 0 Å². The van der Waals surface area contributed by atoms with Crippen molar-refractivity contribution < 1.29 is 26.2 Å². The van der Waals surface area contributed by atoms with Gasteiger partial charge in [0.1, 0.15) is 0 Å². The van der Waals surface area contributed by atoms with E-state index in [-0.39, 0.29) is 49.4 Å². The van der Waals surface area contributed by atoms with Gasteiger partial charge < -0.3 is 27.4 Å². The Balaban J connectivity index is -0.000000640. The number of rotatable bonds is 1. The summed E-state index contributed by atoms with van der Waals surface area (Å²) in [6, 6.07) is 0. The van der Waals surface area contributed by atoms with E-state index in [1.165, 1.54) is 11.1 Å². The Morgan fingerprint density at radius 2 is 1.74 bits per heavy atom. The van der Waals surface area contributed by atoms with Crippen molar-refractivity contribution in [3.8, 4) is 0 Å². The van der Waals surface area contributed by atoms with Gasteiger partial charge in [0.15, 0.2) is 0 Å². The third-order valence-electron chi connectivity index (χ3n) is 4.08. The summed E-state index contributed by atoms with van der Waals surface area (Å²) in [4.78, 5) is 0. The van der Waals surface area contributed by atoms with Crippen LogP contribution in [0, 0.1) is 40.0 Å². The number of fused-ring (bicyclic) bond motifs is 1. The Labute approximate surface area is 135 Å². The molecule has 0 aromatic carbocycles. The molecule has 0 aromatic heterocycles. The molecule has 2 aliphatic rings. The molecule has 3 atom stereocenters. The predicted molar refractivity (Wildman–Crippen MR) is 82.8 cm³/mol. The standard InChI is InChI=1S/C14H22O.3CH3.Pt/c1-9(2)11-5-4-10(3)12-6-7-14(15)13(12)8-11;;;;/h4,8-9,12-15H,5-7H2,1-3H3;3*1H3;/q;3*-1;.